The SMILES string of the molecule is C[C@@H](Oc1ccc(F)cc1Cl)c1n[nH]c(=S)n1-c1ccc2c(c1)OCCO2. The minimum atomic E-state index is -0.505. The molecule has 1 aliphatic rings. The maximum atomic E-state index is 13.2. The van der Waals surface area contributed by atoms with Gasteiger partial charge in [0.05, 0.1) is 10.7 Å². The van der Waals surface area contributed by atoms with E-state index >= 15 is 0 Å². The normalized spacial score (nSPS) is 14.0. The van der Waals surface area contributed by atoms with E-state index < -0.39 is 11.9 Å². The number of hydrogen-bond acceptors (Lipinski definition) is 5. The fourth-order valence-corrected chi connectivity index (χ4v) is 3.27. The lowest BCUT2D eigenvalue weighted by molar-refractivity contribution is 0.171. The van der Waals surface area contributed by atoms with Crippen molar-refractivity contribution >= 4 is 23.8 Å². The van der Waals surface area contributed by atoms with Crippen LogP contribution in [0.4, 0.5) is 4.39 Å². The molecule has 3 aromatic rings. The Morgan fingerprint density at radius 1 is 1.22 bits per heavy atom. The summed E-state index contributed by atoms with van der Waals surface area (Å²) in [5.74, 6) is 1.79. The van der Waals surface area contributed by atoms with Gasteiger partial charge in [0.25, 0.3) is 0 Å². The largest absolute Gasteiger partial charge is 0.486 e. The molecule has 1 aliphatic heterocycles. The molecule has 0 saturated heterocycles. The lowest BCUT2D eigenvalue weighted by Crippen LogP contribution is -2.16. The molecule has 0 fully saturated rings. The lowest BCUT2D eigenvalue weighted by Gasteiger charge is -2.20. The van der Waals surface area contributed by atoms with Crippen molar-refractivity contribution in [1.82, 2.24) is 14.8 Å². The summed E-state index contributed by atoms with van der Waals surface area (Å²) < 4.78 is 32.4. The second-order valence-electron chi connectivity index (χ2n) is 5.89. The number of rotatable bonds is 4. The third kappa shape index (κ3) is 3.50. The van der Waals surface area contributed by atoms with Crippen LogP contribution in [-0.2, 0) is 0 Å². The maximum absolute atomic E-state index is 13.2. The van der Waals surface area contributed by atoms with E-state index in [1.807, 2.05) is 18.2 Å². The Morgan fingerprint density at radius 3 is 2.78 bits per heavy atom. The Morgan fingerprint density at radius 2 is 2.00 bits per heavy atom. The van der Waals surface area contributed by atoms with Gasteiger partial charge in [-0.25, -0.2) is 4.39 Å². The van der Waals surface area contributed by atoms with Crippen LogP contribution in [0.15, 0.2) is 36.4 Å². The topological polar surface area (TPSA) is 61.3 Å². The van der Waals surface area contributed by atoms with Crippen LogP contribution in [-0.4, -0.2) is 28.0 Å². The van der Waals surface area contributed by atoms with Crippen LogP contribution in [0.3, 0.4) is 0 Å². The quantitative estimate of drug-likeness (QED) is 0.639. The summed E-state index contributed by atoms with van der Waals surface area (Å²) in [4.78, 5) is 0. The van der Waals surface area contributed by atoms with E-state index in [9.17, 15) is 4.39 Å². The van der Waals surface area contributed by atoms with Gasteiger partial charge in [-0.05, 0) is 49.5 Å². The summed E-state index contributed by atoms with van der Waals surface area (Å²) in [5, 5.41) is 7.24. The second kappa shape index (κ2) is 7.21. The van der Waals surface area contributed by atoms with Gasteiger partial charge in [0.1, 0.15) is 24.8 Å². The highest BCUT2D eigenvalue weighted by atomic mass is 35.5. The second-order valence-corrected chi connectivity index (χ2v) is 6.68. The Bertz CT molecular complexity index is 1050. The van der Waals surface area contributed by atoms with Crippen molar-refractivity contribution in [2.45, 2.75) is 13.0 Å². The summed E-state index contributed by atoms with van der Waals surface area (Å²) in [5.41, 5.74) is 0.758. The van der Waals surface area contributed by atoms with Crippen LogP contribution in [0.5, 0.6) is 17.2 Å². The molecule has 0 radical (unpaired) electrons. The van der Waals surface area contributed by atoms with Crippen LogP contribution in [0.2, 0.25) is 5.02 Å². The predicted octanol–water partition coefficient (Wildman–Crippen LogP) is 4.63. The number of hydrogen-bond donors (Lipinski definition) is 1. The highest BCUT2D eigenvalue weighted by Gasteiger charge is 2.20. The molecular weight excluding hydrogens is 393 g/mol. The summed E-state index contributed by atoms with van der Waals surface area (Å²) in [6, 6.07) is 9.48. The molecule has 0 amide bonds. The minimum Gasteiger partial charge on any atom is -0.486 e. The summed E-state index contributed by atoms with van der Waals surface area (Å²) in [7, 11) is 0. The Kier molecular flexibility index (Phi) is 4.75. The number of ether oxygens (including phenoxy) is 3. The van der Waals surface area contributed by atoms with E-state index in [-0.39, 0.29) is 5.02 Å². The first-order valence-electron chi connectivity index (χ1n) is 8.22. The average molecular weight is 408 g/mol. The van der Waals surface area contributed by atoms with Crippen LogP contribution in [0.1, 0.15) is 18.9 Å². The van der Waals surface area contributed by atoms with Gasteiger partial charge in [-0.15, -0.1) is 0 Å². The van der Waals surface area contributed by atoms with E-state index in [4.69, 9.17) is 38.0 Å². The van der Waals surface area contributed by atoms with E-state index in [2.05, 4.69) is 10.2 Å². The van der Waals surface area contributed by atoms with Gasteiger partial charge < -0.3 is 14.2 Å². The van der Waals surface area contributed by atoms with Gasteiger partial charge in [-0.2, -0.15) is 5.10 Å². The van der Waals surface area contributed by atoms with Gasteiger partial charge in [-0.1, -0.05) is 11.6 Å². The molecule has 9 heteroatoms. The van der Waals surface area contributed by atoms with Crippen molar-refractivity contribution in [3.63, 3.8) is 0 Å². The van der Waals surface area contributed by atoms with E-state index in [0.717, 1.165) is 5.69 Å². The summed E-state index contributed by atoms with van der Waals surface area (Å²) in [6.45, 7) is 2.81. The standard InChI is InChI=1S/C18H15ClFN3O3S/c1-10(26-14-4-2-11(20)8-13(14)19)17-21-22-18(27)23(17)12-3-5-15-16(9-12)25-7-6-24-15/h2-5,8-10H,6-7H2,1H3,(H,22,27)/t10-/m1/s1. The van der Waals surface area contributed by atoms with Gasteiger partial charge in [-0.3, -0.25) is 9.67 Å². The molecule has 6 nitrogen and oxygen atoms in total. The molecule has 2 aromatic carbocycles. The minimum absolute atomic E-state index is 0.182. The molecule has 0 bridgehead atoms. The number of aromatic nitrogens is 3. The maximum Gasteiger partial charge on any atom is 0.199 e. The smallest absolute Gasteiger partial charge is 0.199 e. The summed E-state index contributed by atoms with van der Waals surface area (Å²) in [6.07, 6.45) is -0.505. The van der Waals surface area contributed by atoms with Crippen molar-refractivity contribution < 1.29 is 18.6 Å². The molecule has 0 aliphatic carbocycles. The number of nitrogens with one attached hydrogen (secondary N) is 1. The zero-order chi connectivity index (χ0) is 19.0. The molecule has 4 rings (SSSR count). The molecule has 27 heavy (non-hydrogen) atoms. The first-order chi connectivity index (χ1) is 13.0. The lowest BCUT2D eigenvalue weighted by atomic mass is 10.2. The van der Waals surface area contributed by atoms with Crippen LogP contribution >= 0.6 is 23.8 Å². The van der Waals surface area contributed by atoms with Crippen molar-refractivity contribution in [3.05, 3.63) is 57.8 Å². The Hall–Kier alpha value is -2.58. The average Bonchev–Trinajstić information content (AvgIpc) is 3.05. The van der Waals surface area contributed by atoms with E-state index in [1.165, 1.54) is 18.2 Å². The first kappa shape index (κ1) is 17.8. The van der Waals surface area contributed by atoms with Crippen LogP contribution < -0.4 is 14.2 Å². The van der Waals surface area contributed by atoms with Gasteiger partial charge in [0.2, 0.25) is 0 Å². The molecule has 1 N–H and O–H groups in total. The zero-order valence-electron chi connectivity index (χ0n) is 14.2. The van der Waals surface area contributed by atoms with Crippen molar-refractivity contribution in [1.29, 1.82) is 0 Å². The number of halogens is 2. The van der Waals surface area contributed by atoms with Crippen molar-refractivity contribution in [3.8, 4) is 22.9 Å². The van der Waals surface area contributed by atoms with Crippen molar-refractivity contribution in [2.24, 2.45) is 0 Å². The Labute approximate surface area is 164 Å². The van der Waals surface area contributed by atoms with E-state index in [1.54, 1.807) is 11.5 Å². The highest BCUT2D eigenvalue weighted by Crippen LogP contribution is 2.34. The van der Waals surface area contributed by atoms with Gasteiger partial charge in [0, 0.05) is 6.07 Å². The van der Waals surface area contributed by atoms with Gasteiger partial charge in [0.15, 0.2) is 28.2 Å². The number of aromatic amines is 1. The fourth-order valence-electron chi connectivity index (χ4n) is 2.82. The molecule has 0 unspecified atom stereocenters. The third-order valence-corrected chi connectivity index (χ3v) is 4.61. The molecule has 0 spiro atoms. The van der Waals surface area contributed by atoms with Crippen molar-refractivity contribution in [2.75, 3.05) is 13.2 Å². The summed E-state index contributed by atoms with van der Waals surface area (Å²) >= 11 is 11.4. The van der Waals surface area contributed by atoms with Gasteiger partial charge >= 0.3 is 0 Å². The number of fused-ring (bicyclic) bond motifs is 1. The monoisotopic (exact) mass is 407 g/mol. The third-order valence-electron chi connectivity index (χ3n) is 4.04. The first-order valence-corrected chi connectivity index (χ1v) is 9.00. The van der Waals surface area contributed by atoms with E-state index in [0.29, 0.717) is 41.1 Å². The number of H-pyrrole nitrogens is 1. The van der Waals surface area contributed by atoms with Crippen LogP contribution in [0.25, 0.3) is 5.69 Å². The highest BCUT2D eigenvalue weighted by molar-refractivity contribution is 7.71. The zero-order valence-corrected chi connectivity index (χ0v) is 15.8. The predicted molar refractivity (Wildman–Crippen MR) is 100 cm³/mol. The molecule has 0 saturated carbocycles. The number of benzene rings is 2. The number of nitrogens with zero attached hydrogens (tertiary/aromatic N) is 2. The van der Waals surface area contributed by atoms with Crippen LogP contribution in [0, 0.1) is 10.6 Å². The molecule has 140 valence electrons. The Balaban J connectivity index is 1.68. The molecular formula is C18H15ClFN3O3S. The molecule has 2 heterocycles. The molecule has 1 atom stereocenters. The fraction of sp³-hybridized carbons (Fsp3) is 0.222. The molecule has 1 aromatic heterocycles.